The standard InChI is InChI=1S/C11H15ClN2O2/c1-8-9-4-6-14(7-10(9)16-13-8)11(15)3-2-5-12/h2-7H2,1H3. The first-order valence-corrected chi connectivity index (χ1v) is 6.03. The van der Waals surface area contributed by atoms with Crippen LogP contribution in [0.5, 0.6) is 0 Å². The molecule has 1 amide bonds. The molecule has 0 radical (unpaired) electrons. The lowest BCUT2D eigenvalue weighted by atomic mass is 10.1. The Labute approximate surface area is 99.5 Å². The highest BCUT2D eigenvalue weighted by atomic mass is 35.5. The van der Waals surface area contributed by atoms with E-state index in [0.29, 0.717) is 18.8 Å². The van der Waals surface area contributed by atoms with Gasteiger partial charge in [0.05, 0.1) is 12.2 Å². The number of alkyl halides is 1. The van der Waals surface area contributed by atoms with Crippen molar-refractivity contribution in [2.24, 2.45) is 0 Å². The van der Waals surface area contributed by atoms with Gasteiger partial charge in [0.2, 0.25) is 5.91 Å². The highest BCUT2D eigenvalue weighted by Crippen LogP contribution is 2.22. The van der Waals surface area contributed by atoms with Gasteiger partial charge >= 0.3 is 0 Å². The molecule has 0 fully saturated rings. The second-order valence-corrected chi connectivity index (χ2v) is 4.41. The van der Waals surface area contributed by atoms with Crippen LogP contribution in [0.1, 0.15) is 29.9 Å². The largest absolute Gasteiger partial charge is 0.359 e. The molecule has 1 aliphatic heterocycles. The van der Waals surface area contributed by atoms with Crippen LogP contribution in [0.2, 0.25) is 0 Å². The third kappa shape index (κ3) is 2.21. The van der Waals surface area contributed by atoms with Crippen LogP contribution in [-0.2, 0) is 17.8 Å². The molecule has 0 unspecified atom stereocenters. The SMILES string of the molecule is Cc1noc2c1CCN(C(=O)CCCCl)C2. The van der Waals surface area contributed by atoms with Crippen LogP contribution in [0.4, 0.5) is 0 Å². The molecule has 16 heavy (non-hydrogen) atoms. The first-order chi connectivity index (χ1) is 7.72. The number of nitrogens with zero attached hydrogens (tertiary/aromatic N) is 2. The summed E-state index contributed by atoms with van der Waals surface area (Å²) in [6.45, 7) is 3.25. The monoisotopic (exact) mass is 242 g/mol. The minimum absolute atomic E-state index is 0.153. The third-order valence-electron chi connectivity index (χ3n) is 2.91. The average Bonchev–Trinajstić information content (AvgIpc) is 2.67. The van der Waals surface area contributed by atoms with Crippen molar-refractivity contribution in [2.45, 2.75) is 32.7 Å². The number of halogens is 1. The Morgan fingerprint density at radius 2 is 2.44 bits per heavy atom. The zero-order chi connectivity index (χ0) is 11.5. The van der Waals surface area contributed by atoms with Gasteiger partial charge in [-0.05, 0) is 19.8 Å². The number of carbonyl (C=O) groups is 1. The Morgan fingerprint density at radius 1 is 1.62 bits per heavy atom. The van der Waals surface area contributed by atoms with Gasteiger partial charge in [-0.3, -0.25) is 4.79 Å². The molecule has 1 aromatic rings. The van der Waals surface area contributed by atoms with Crippen molar-refractivity contribution in [3.63, 3.8) is 0 Å². The Balaban J connectivity index is 2.00. The van der Waals surface area contributed by atoms with Gasteiger partial charge in [0, 0.05) is 24.4 Å². The summed E-state index contributed by atoms with van der Waals surface area (Å²) < 4.78 is 5.20. The first-order valence-electron chi connectivity index (χ1n) is 5.50. The highest BCUT2D eigenvalue weighted by molar-refractivity contribution is 6.17. The highest BCUT2D eigenvalue weighted by Gasteiger charge is 2.24. The van der Waals surface area contributed by atoms with Crippen molar-refractivity contribution in [3.8, 4) is 0 Å². The molecule has 88 valence electrons. The summed E-state index contributed by atoms with van der Waals surface area (Å²) in [5, 5.41) is 3.92. The minimum Gasteiger partial charge on any atom is -0.359 e. The van der Waals surface area contributed by atoms with E-state index in [1.54, 1.807) is 0 Å². The van der Waals surface area contributed by atoms with Crippen LogP contribution in [-0.4, -0.2) is 28.4 Å². The molecule has 0 aliphatic carbocycles. The van der Waals surface area contributed by atoms with Crippen LogP contribution >= 0.6 is 11.6 Å². The van der Waals surface area contributed by atoms with Crippen LogP contribution < -0.4 is 0 Å². The number of aryl methyl sites for hydroxylation is 1. The third-order valence-corrected chi connectivity index (χ3v) is 3.18. The maximum atomic E-state index is 11.8. The van der Waals surface area contributed by atoms with E-state index in [1.165, 1.54) is 5.56 Å². The molecule has 1 aromatic heterocycles. The molecule has 1 aliphatic rings. The van der Waals surface area contributed by atoms with E-state index in [0.717, 1.165) is 30.8 Å². The smallest absolute Gasteiger partial charge is 0.223 e. The summed E-state index contributed by atoms with van der Waals surface area (Å²) in [6, 6.07) is 0. The lowest BCUT2D eigenvalue weighted by Gasteiger charge is -2.25. The quantitative estimate of drug-likeness (QED) is 0.761. The molecule has 0 bridgehead atoms. The van der Waals surface area contributed by atoms with Gasteiger partial charge < -0.3 is 9.42 Å². The normalized spacial score (nSPS) is 15.0. The van der Waals surface area contributed by atoms with E-state index in [4.69, 9.17) is 16.1 Å². The number of carbonyl (C=O) groups excluding carboxylic acids is 1. The summed E-state index contributed by atoms with van der Waals surface area (Å²) in [4.78, 5) is 13.6. The van der Waals surface area contributed by atoms with Crippen LogP contribution in [0, 0.1) is 6.92 Å². The van der Waals surface area contributed by atoms with Crippen molar-refractivity contribution in [2.75, 3.05) is 12.4 Å². The van der Waals surface area contributed by atoms with Gasteiger partial charge in [0.15, 0.2) is 5.76 Å². The van der Waals surface area contributed by atoms with Crippen molar-refractivity contribution < 1.29 is 9.32 Å². The van der Waals surface area contributed by atoms with E-state index in [2.05, 4.69) is 5.16 Å². The maximum absolute atomic E-state index is 11.8. The second-order valence-electron chi connectivity index (χ2n) is 4.03. The van der Waals surface area contributed by atoms with Gasteiger partial charge in [-0.2, -0.15) is 0 Å². The molecule has 5 heteroatoms. The van der Waals surface area contributed by atoms with Crippen LogP contribution in [0.15, 0.2) is 4.52 Å². The lowest BCUT2D eigenvalue weighted by Crippen LogP contribution is -2.35. The number of amides is 1. The number of rotatable bonds is 3. The predicted molar refractivity (Wildman–Crippen MR) is 60.3 cm³/mol. The van der Waals surface area contributed by atoms with Crippen LogP contribution in [0.3, 0.4) is 0 Å². The van der Waals surface area contributed by atoms with E-state index in [-0.39, 0.29) is 5.91 Å². The molecule has 0 saturated carbocycles. The topological polar surface area (TPSA) is 46.3 Å². The molecule has 2 heterocycles. The number of hydrogen-bond donors (Lipinski definition) is 0. The Bertz CT molecular complexity index is 389. The second kappa shape index (κ2) is 4.87. The fraction of sp³-hybridized carbons (Fsp3) is 0.636. The fourth-order valence-corrected chi connectivity index (χ4v) is 2.10. The Morgan fingerprint density at radius 3 is 3.19 bits per heavy atom. The van der Waals surface area contributed by atoms with E-state index in [1.807, 2.05) is 11.8 Å². The summed E-state index contributed by atoms with van der Waals surface area (Å²) in [5.74, 6) is 1.52. The zero-order valence-corrected chi connectivity index (χ0v) is 10.1. The van der Waals surface area contributed by atoms with Gasteiger partial charge in [-0.25, -0.2) is 0 Å². The lowest BCUT2D eigenvalue weighted by molar-refractivity contribution is -0.132. The van der Waals surface area contributed by atoms with Gasteiger partial charge in [-0.1, -0.05) is 5.16 Å². The summed E-state index contributed by atoms with van der Waals surface area (Å²) in [5.41, 5.74) is 2.12. The number of aromatic nitrogens is 1. The Kier molecular flexibility index (Phi) is 3.49. The van der Waals surface area contributed by atoms with Gasteiger partial charge in [0.25, 0.3) is 0 Å². The van der Waals surface area contributed by atoms with Gasteiger partial charge in [-0.15, -0.1) is 11.6 Å². The summed E-state index contributed by atoms with van der Waals surface area (Å²) in [7, 11) is 0. The summed E-state index contributed by atoms with van der Waals surface area (Å²) >= 11 is 5.57. The Hall–Kier alpha value is -1.03. The molecule has 4 nitrogen and oxygen atoms in total. The molecule has 2 rings (SSSR count). The average molecular weight is 243 g/mol. The van der Waals surface area contributed by atoms with Crippen molar-refractivity contribution in [1.82, 2.24) is 10.1 Å². The zero-order valence-electron chi connectivity index (χ0n) is 9.33. The van der Waals surface area contributed by atoms with Crippen molar-refractivity contribution in [1.29, 1.82) is 0 Å². The van der Waals surface area contributed by atoms with Crippen LogP contribution in [0.25, 0.3) is 0 Å². The number of fused-ring (bicyclic) bond motifs is 1. The molecular formula is C11H15ClN2O2. The van der Waals surface area contributed by atoms with Crippen molar-refractivity contribution >= 4 is 17.5 Å². The van der Waals surface area contributed by atoms with Gasteiger partial charge in [0.1, 0.15) is 0 Å². The molecule has 0 N–H and O–H groups in total. The molecular weight excluding hydrogens is 228 g/mol. The molecule has 0 aromatic carbocycles. The van der Waals surface area contributed by atoms with E-state index < -0.39 is 0 Å². The van der Waals surface area contributed by atoms with E-state index in [9.17, 15) is 4.79 Å². The maximum Gasteiger partial charge on any atom is 0.223 e. The fourth-order valence-electron chi connectivity index (χ4n) is 1.97. The number of hydrogen-bond acceptors (Lipinski definition) is 3. The molecule has 0 saturated heterocycles. The van der Waals surface area contributed by atoms with Crippen molar-refractivity contribution in [3.05, 3.63) is 17.0 Å². The predicted octanol–water partition coefficient (Wildman–Crippen LogP) is 1.89. The van der Waals surface area contributed by atoms with E-state index >= 15 is 0 Å². The minimum atomic E-state index is 0.153. The summed E-state index contributed by atoms with van der Waals surface area (Å²) in [6.07, 6.45) is 2.10. The molecule has 0 spiro atoms. The first kappa shape index (κ1) is 11.5. The molecule has 0 atom stereocenters.